The summed E-state index contributed by atoms with van der Waals surface area (Å²) in [5.41, 5.74) is -1.22. The number of aryl methyl sites for hydroxylation is 1. The Labute approximate surface area is 121 Å². The number of alkyl halides is 1. The largest absolute Gasteiger partial charge is 0.478 e. The third-order valence-electron chi connectivity index (χ3n) is 4.26. The van der Waals surface area contributed by atoms with Crippen LogP contribution in [0.25, 0.3) is 0 Å². The van der Waals surface area contributed by atoms with Crippen LogP contribution >= 0.6 is 0 Å². The molecule has 2 aliphatic heterocycles. The first kappa shape index (κ1) is 13.9. The fraction of sp³-hybridized carbons (Fsp3) is 0.500. The van der Waals surface area contributed by atoms with Crippen LogP contribution < -0.4 is 10.2 Å². The molecule has 0 aromatic carbocycles. The van der Waals surface area contributed by atoms with E-state index in [-0.39, 0.29) is 24.4 Å². The third-order valence-corrected chi connectivity index (χ3v) is 4.26. The number of fused-ring (bicyclic) bond motifs is 1. The number of nitrogens with zero attached hydrogens (tertiary/aromatic N) is 2. The zero-order valence-electron chi connectivity index (χ0n) is 11.6. The molecule has 0 unspecified atom stereocenters. The second-order valence-corrected chi connectivity index (χ2v) is 5.60. The van der Waals surface area contributed by atoms with Crippen molar-refractivity contribution < 1.29 is 19.1 Å². The number of carbonyl (C=O) groups excluding carboxylic acids is 1. The van der Waals surface area contributed by atoms with Gasteiger partial charge in [-0.3, -0.25) is 9.69 Å². The lowest BCUT2D eigenvalue weighted by molar-refractivity contribution is -0.130. The number of anilines is 1. The van der Waals surface area contributed by atoms with Gasteiger partial charge in [0.05, 0.1) is 5.56 Å². The minimum Gasteiger partial charge on any atom is -0.478 e. The number of aromatic carboxylic acids is 1. The van der Waals surface area contributed by atoms with Crippen molar-refractivity contribution in [1.82, 2.24) is 10.3 Å². The van der Waals surface area contributed by atoms with Gasteiger partial charge < -0.3 is 10.4 Å². The number of aromatic nitrogens is 1. The highest BCUT2D eigenvalue weighted by Crippen LogP contribution is 2.39. The van der Waals surface area contributed by atoms with Crippen molar-refractivity contribution in [2.75, 3.05) is 24.5 Å². The van der Waals surface area contributed by atoms with E-state index in [0.29, 0.717) is 24.5 Å². The van der Waals surface area contributed by atoms with Gasteiger partial charge in [-0.05, 0) is 25.1 Å². The molecule has 0 aliphatic carbocycles. The van der Waals surface area contributed by atoms with E-state index in [0.717, 1.165) is 0 Å². The highest BCUT2D eigenvalue weighted by Gasteiger charge is 2.56. The lowest BCUT2D eigenvalue weighted by Crippen LogP contribution is -2.49. The van der Waals surface area contributed by atoms with Gasteiger partial charge in [0.25, 0.3) is 5.91 Å². The molecule has 0 bridgehead atoms. The van der Waals surface area contributed by atoms with E-state index in [9.17, 15) is 14.0 Å². The Balaban J connectivity index is 1.95. The average molecular weight is 293 g/mol. The van der Waals surface area contributed by atoms with Crippen LogP contribution in [0.2, 0.25) is 0 Å². The molecule has 0 saturated carbocycles. The summed E-state index contributed by atoms with van der Waals surface area (Å²) >= 11 is 0. The molecule has 3 rings (SSSR count). The van der Waals surface area contributed by atoms with Crippen molar-refractivity contribution in [2.45, 2.75) is 19.0 Å². The number of nitrogens with one attached hydrogen (secondary N) is 1. The molecule has 6 nitrogen and oxygen atoms in total. The first-order valence-corrected chi connectivity index (χ1v) is 6.85. The molecule has 1 aromatic heterocycles. The number of rotatable bonds is 2. The predicted octanol–water partition coefficient (Wildman–Crippen LogP) is 0.753. The van der Waals surface area contributed by atoms with E-state index >= 15 is 0 Å². The second kappa shape index (κ2) is 4.77. The van der Waals surface area contributed by atoms with Gasteiger partial charge in [0.15, 0.2) is 5.67 Å². The van der Waals surface area contributed by atoms with E-state index in [1.165, 1.54) is 17.2 Å². The summed E-state index contributed by atoms with van der Waals surface area (Å²) < 4.78 is 14.9. The Kier molecular flexibility index (Phi) is 3.16. The van der Waals surface area contributed by atoms with E-state index in [1.807, 2.05) is 0 Å². The molecule has 0 radical (unpaired) electrons. The smallest absolute Gasteiger partial charge is 0.337 e. The van der Waals surface area contributed by atoms with E-state index in [2.05, 4.69) is 10.3 Å². The maximum atomic E-state index is 14.9. The number of hydrogen-bond acceptors (Lipinski definition) is 4. The van der Waals surface area contributed by atoms with Crippen molar-refractivity contribution in [3.8, 4) is 0 Å². The summed E-state index contributed by atoms with van der Waals surface area (Å²) in [5, 5.41) is 12.0. The zero-order chi connectivity index (χ0) is 15.2. The van der Waals surface area contributed by atoms with Crippen LogP contribution in [-0.2, 0) is 4.79 Å². The standard InChI is InChI=1S/C14H16FN3O3/c1-8-4-9(12(19)20)5-17-11(8)18-7-10-6-16-3-2-14(10,15)13(18)21/h4-5,10,16H,2-3,6-7H2,1H3,(H,19,20)/t10-,14+/m0/s1. The van der Waals surface area contributed by atoms with Gasteiger partial charge in [0, 0.05) is 31.6 Å². The van der Waals surface area contributed by atoms with Crippen LogP contribution in [0.5, 0.6) is 0 Å². The normalized spacial score (nSPS) is 28.6. The van der Waals surface area contributed by atoms with Crippen LogP contribution in [0, 0.1) is 12.8 Å². The molecular formula is C14H16FN3O3. The Morgan fingerprint density at radius 2 is 2.38 bits per heavy atom. The Morgan fingerprint density at radius 3 is 3.00 bits per heavy atom. The lowest BCUT2D eigenvalue weighted by atomic mass is 9.86. The lowest BCUT2D eigenvalue weighted by Gasteiger charge is -2.29. The van der Waals surface area contributed by atoms with E-state index in [4.69, 9.17) is 5.11 Å². The van der Waals surface area contributed by atoms with Crippen LogP contribution in [-0.4, -0.2) is 47.3 Å². The first-order chi connectivity index (χ1) is 9.93. The number of amides is 1. The Morgan fingerprint density at radius 1 is 1.62 bits per heavy atom. The topological polar surface area (TPSA) is 82.5 Å². The molecule has 21 heavy (non-hydrogen) atoms. The highest BCUT2D eigenvalue weighted by atomic mass is 19.1. The summed E-state index contributed by atoms with van der Waals surface area (Å²) in [6.07, 6.45) is 1.36. The summed E-state index contributed by atoms with van der Waals surface area (Å²) in [7, 11) is 0. The third kappa shape index (κ3) is 2.08. The molecular weight excluding hydrogens is 277 g/mol. The number of piperidine rings is 1. The van der Waals surface area contributed by atoms with Crippen molar-refractivity contribution in [2.24, 2.45) is 5.92 Å². The molecule has 2 aliphatic rings. The summed E-state index contributed by atoms with van der Waals surface area (Å²) in [5.74, 6) is -1.69. The van der Waals surface area contributed by atoms with Gasteiger partial charge in [-0.1, -0.05) is 0 Å². The Bertz CT molecular complexity index is 621. The van der Waals surface area contributed by atoms with Crippen molar-refractivity contribution >= 4 is 17.7 Å². The average Bonchev–Trinajstić information content (AvgIpc) is 2.71. The van der Waals surface area contributed by atoms with Gasteiger partial charge in [0.2, 0.25) is 0 Å². The number of carboxylic acid groups (broad SMARTS) is 1. The van der Waals surface area contributed by atoms with Gasteiger partial charge in [0.1, 0.15) is 5.82 Å². The quantitative estimate of drug-likeness (QED) is 0.841. The fourth-order valence-electron chi connectivity index (χ4n) is 3.08. The molecule has 2 fully saturated rings. The minimum absolute atomic E-state index is 0.0527. The molecule has 1 amide bonds. The maximum absolute atomic E-state index is 14.9. The van der Waals surface area contributed by atoms with E-state index < -0.39 is 17.5 Å². The van der Waals surface area contributed by atoms with Crippen molar-refractivity contribution in [3.63, 3.8) is 0 Å². The maximum Gasteiger partial charge on any atom is 0.337 e. The summed E-state index contributed by atoms with van der Waals surface area (Å²) in [4.78, 5) is 28.7. The fourth-order valence-corrected chi connectivity index (χ4v) is 3.08. The van der Waals surface area contributed by atoms with E-state index in [1.54, 1.807) is 6.92 Å². The molecule has 112 valence electrons. The van der Waals surface area contributed by atoms with Gasteiger partial charge >= 0.3 is 5.97 Å². The molecule has 3 heterocycles. The number of hydrogen-bond donors (Lipinski definition) is 2. The SMILES string of the molecule is Cc1cc(C(=O)O)cnc1N1C[C@@H]2CNCC[C@]2(F)C1=O. The molecule has 1 aromatic rings. The molecule has 2 N–H and O–H groups in total. The molecule has 2 saturated heterocycles. The van der Waals surface area contributed by atoms with Crippen LogP contribution in [0.3, 0.4) is 0 Å². The van der Waals surface area contributed by atoms with Gasteiger partial charge in [-0.25, -0.2) is 14.2 Å². The summed E-state index contributed by atoms with van der Waals surface area (Å²) in [6, 6.07) is 1.45. The monoisotopic (exact) mass is 293 g/mol. The second-order valence-electron chi connectivity index (χ2n) is 5.60. The van der Waals surface area contributed by atoms with Crippen LogP contribution in [0.1, 0.15) is 22.3 Å². The number of carbonyl (C=O) groups is 2. The zero-order valence-corrected chi connectivity index (χ0v) is 11.6. The van der Waals surface area contributed by atoms with Crippen LogP contribution in [0.4, 0.5) is 10.2 Å². The predicted molar refractivity (Wildman–Crippen MR) is 73.1 cm³/mol. The molecule has 7 heteroatoms. The Hall–Kier alpha value is -2.02. The molecule has 0 spiro atoms. The van der Waals surface area contributed by atoms with Crippen molar-refractivity contribution in [3.05, 3.63) is 23.4 Å². The van der Waals surface area contributed by atoms with Gasteiger partial charge in [-0.15, -0.1) is 0 Å². The number of pyridine rings is 1. The van der Waals surface area contributed by atoms with Crippen LogP contribution in [0.15, 0.2) is 12.3 Å². The highest BCUT2D eigenvalue weighted by molar-refractivity contribution is 6.02. The van der Waals surface area contributed by atoms with Gasteiger partial charge in [-0.2, -0.15) is 0 Å². The first-order valence-electron chi connectivity index (χ1n) is 6.85. The number of carboxylic acids is 1. The van der Waals surface area contributed by atoms with Crippen molar-refractivity contribution in [1.29, 1.82) is 0 Å². The summed E-state index contributed by atoms with van der Waals surface area (Å²) in [6.45, 7) is 2.89. The minimum atomic E-state index is -1.83. The number of halogens is 1. The molecule has 2 atom stereocenters.